The maximum absolute atomic E-state index is 13.6. The van der Waals surface area contributed by atoms with E-state index in [1.54, 1.807) is 12.3 Å². The van der Waals surface area contributed by atoms with E-state index in [-0.39, 0.29) is 11.4 Å². The van der Waals surface area contributed by atoms with Crippen LogP contribution in [0.15, 0.2) is 71.4 Å². The first-order valence-corrected chi connectivity index (χ1v) is 14.9. The summed E-state index contributed by atoms with van der Waals surface area (Å²) in [5.74, 6) is 0.799. The topological polar surface area (TPSA) is 74.5 Å². The zero-order chi connectivity index (χ0) is 29.3. The molecule has 2 aromatic heterocycles. The Morgan fingerprint density at radius 3 is 2.57 bits per heavy atom. The molecule has 42 heavy (non-hydrogen) atoms. The minimum atomic E-state index is -0.127. The van der Waals surface area contributed by atoms with Crippen molar-refractivity contribution in [2.24, 2.45) is 0 Å². The average molecular weight is 603 g/mol. The lowest BCUT2D eigenvalue weighted by molar-refractivity contribution is 0.180. The van der Waals surface area contributed by atoms with Crippen LogP contribution in [-0.2, 0) is 12.0 Å². The lowest BCUT2D eigenvalue weighted by Gasteiger charge is -2.39. The fourth-order valence-corrected chi connectivity index (χ4v) is 6.55. The number of carbonyl (C=O) groups is 1. The van der Waals surface area contributed by atoms with E-state index in [2.05, 4.69) is 50.7 Å². The fourth-order valence-electron chi connectivity index (χ4n) is 6.23. The van der Waals surface area contributed by atoms with Crippen LogP contribution in [0.1, 0.15) is 41.0 Å². The van der Waals surface area contributed by atoms with Crippen molar-refractivity contribution in [1.29, 1.82) is 0 Å². The summed E-state index contributed by atoms with van der Waals surface area (Å²) in [4.78, 5) is 22.0. The molecule has 2 aromatic carbocycles. The molecule has 9 heteroatoms. The number of fused-ring (bicyclic) bond motifs is 2. The van der Waals surface area contributed by atoms with Crippen molar-refractivity contribution in [3.8, 4) is 11.1 Å². The molecule has 1 fully saturated rings. The number of likely N-dealkylation sites (tertiary alicyclic amines) is 1. The number of aromatic nitrogens is 2. The van der Waals surface area contributed by atoms with Gasteiger partial charge in [0, 0.05) is 47.5 Å². The number of halogens is 2. The highest BCUT2D eigenvalue weighted by molar-refractivity contribution is 6.30. The predicted octanol–water partition coefficient (Wildman–Crippen LogP) is 7.44. The lowest BCUT2D eigenvalue weighted by Crippen LogP contribution is -2.47. The number of amides is 2. The van der Waals surface area contributed by atoms with Gasteiger partial charge in [0.1, 0.15) is 10.9 Å². The summed E-state index contributed by atoms with van der Waals surface area (Å²) in [6.45, 7) is 7.71. The van der Waals surface area contributed by atoms with Crippen LogP contribution in [0.3, 0.4) is 0 Å². The van der Waals surface area contributed by atoms with E-state index in [1.807, 2.05) is 49.1 Å². The average Bonchev–Trinajstić information content (AvgIpc) is 3.49. The molecule has 1 saturated heterocycles. The number of aryl methyl sites for hydroxylation is 2. The SMILES string of the molecule is Cc1noc(C)c1-c1ccc2c(c1)C1(CCN(CC=Cc3ccc(Cl)cc3)CC1)CN2C(=O)NCc1ccnc(Cl)c1. The van der Waals surface area contributed by atoms with Gasteiger partial charge in [0.05, 0.1) is 5.69 Å². The molecule has 0 aliphatic carbocycles. The number of carbonyl (C=O) groups excluding carboxylic acids is 1. The van der Waals surface area contributed by atoms with Gasteiger partial charge in [-0.05, 0) is 98.4 Å². The van der Waals surface area contributed by atoms with Crippen molar-refractivity contribution in [1.82, 2.24) is 20.4 Å². The third-order valence-electron chi connectivity index (χ3n) is 8.48. The maximum atomic E-state index is 13.6. The van der Waals surface area contributed by atoms with Crippen LogP contribution in [0.4, 0.5) is 10.5 Å². The zero-order valence-electron chi connectivity index (χ0n) is 23.7. The van der Waals surface area contributed by atoms with Gasteiger partial charge >= 0.3 is 6.03 Å². The first-order valence-electron chi connectivity index (χ1n) is 14.2. The Kier molecular flexibility index (Phi) is 8.08. The quantitative estimate of drug-likeness (QED) is 0.232. The Balaban J connectivity index is 1.22. The van der Waals surface area contributed by atoms with Crippen LogP contribution in [-0.4, -0.2) is 47.3 Å². The molecule has 7 nitrogen and oxygen atoms in total. The van der Waals surface area contributed by atoms with Gasteiger partial charge < -0.3 is 9.84 Å². The van der Waals surface area contributed by atoms with Crippen molar-refractivity contribution in [3.63, 3.8) is 0 Å². The number of anilines is 1. The number of rotatable bonds is 6. The number of pyridine rings is 1. The van der Waals surface area contributed by atoms with Crippen molar-refractivity contribution < 1.29 is 9.32 Å². The van der Waals surface area contributed by atoms with Crippen molar-refractivity contribution >= 4 is 41.0 Å². The molecule has 6 rings (SSSR count). The first kappa shape index (κ1) is 28.5. The third-order valence-corrected chi connectivity index (χ3v) is 8.94. The van der Waals surface area contributed by atoms with E-state index in [4.69, 9.17) is 27.7 Å². The van der Waals surface area contributed by atoms with Crippen LogP contribution >= 0.6 is 23.2 Å². The van der Waals surface area contributed by atoms with E-state index < -0.39 is 0 Å². The predicted molar refractivity (Wildman–Crippen MR) is 168 cm³/mol. The summed E-state index contributed by atoms with van der Waals surface area (Å²) < 4.78 is 5.48. The van der Waals surface area contributed by atoms with Crippen LogP contribution in [0.5, 0.6) is 0 Å². The van der Waals surface area contributed by atoms with Crippen molar-refractivity contribution in [2.45, 2.75) is 38.6 Å². The Hall–Kier alpha value is -3.65. The molecule has 0 radical (unpaired) electrons. The molecule has 0 unspecified atom stereocenters. The molecular weight excluding hydrogens is 569 g/mol. The lowest BCUT2D eigenvalue weighted by atomic mass is 9.73. The molecular formula is C33H33Cl2N5O2. The number of nitrogens with one attached hydrogen (secondary N) is 1. The van der Waals surface area contributed by atoms with Gasteiger partial charge in [-0.15, -0.1) is 0 Å². The van der Waals surface area contributed by atoms with Crippen molar-refractivity contribution in [3.05, 3.63) is 105 Å². The highest BCUT2D eigenvalue weighted by Crippen LogP contribution is 2.48. The second-order valence-electron chi connectivity index (χ2n) is 11.2. The Bertz CT molecular complexity index is 1600. The number of piperidine rings is 1. The Labute approximate surface area is 256 Å². The molecule has 2 aliphatic rings. The molecule has 2 amide bonds. The maximum Gasteiger partial charge on any atom is 0.322 e. The molecule has 4 heterocycles. The number of hydrogen-bond acceptors (Lipinski definition) is 5. The smallest absolute Gasteiger partial charge is 0.322 e. The number of benzene rings is 2. The Morgan fingerprint density at radius 1 is 1.07 bits per heavy atom. The second kappa shape index (κ2) is 11.9. The van der Waals surface area contributed by atoms with Gasteiger partial charge in [-0.2, -0.15) is 0 Å². The van der Waals surface area contributed by atoms with Crippen LogP contribution in [0, 0.1) is 13.8 Å². The zero-order valence-corrected chi connectivity index (χ0v) is 25.3. The highest BCUT2D eigenvalue weighted by atomic mass is 35.5. The largest absolute Gasteiger partial charge is 0.361 e. The van der Waals surface area contributed by atoms with E-state index in [1.165, 1.54) is 5.56 Å². The number of urea groups is 1. The van der Waals surface area contributed by atoms with Crippen LogP contribution < -0.4 is 10.2 Å². The fraction of sp³-hybridized carbons (Fsp3) is 0.303. The molecule has 0 bridgehead atoms. The summed E-state index contributed by atoms with van der Waals surface area (Å²) in [6, 6.07) is 17.8. The molecule has 1 spiro atoms. The molecule has 216 valence electrons. The van der Waals surface area contributed by atoms with Gasteiger partial charge in [-0.1, -0.05) is 58.7 Å². The van der Waals surface area contributed by atoms with E-state index in [0.717, 1.165) is 76.9 Å². The number of nitrogens with zero attached hydrogens (tertiary/aromatic N) is 4. The summed E-state index contributed by atoms with van der Waals surface area (Å²) in [5, 5.41) is 8.42. The third kappa shape index (κ3) is 5.82. The summed E-state index contributed by atoms with van der Waals surface area (Å²) in [5.41, 5.74) is 7.07. The number of hydrogen-bond donors (Lipinski definition) is 1. The van der Waals surface area contributed by atoms with E-state index >= 15 is 0 Å². The summed E-state index contributed by atoms with van der Waals surface area (Å²) >= 11 is 12.1. The van der Waals surface area contributed by atoms with Gasteiger partial charge in [0.25, 0.3) is 0 Å². The highest BCUT2D eigenvalue weighted by Gasteiger charge is 2.46. The van der Waals surface area contributed by atoms with Gasteiger partial charge in [-0.25, -0.2) is 9.78 Å². The normalized spacial score (nSPS) is 16.3. The van der Waals surface area contributed by atoms with Crippen molar-refractivity contribution in [2.75, 3.05) is 31.1 Å². The minimum Gasteiger partial charge on any atom is -0.361 e. The molecule has 1 N–H and O–H groups in total. The van der Waals surface area contributed by atoms with Gasteiger partial charge in [0.2, 0.25) is 0 Å². The Morgan fingerprint density at radius 2 is 1.86 bits per heavy atom. The van der Waals surface area contributed by atoms with Gasteiger partial charge in [-0.3, -0.25) is 9.80 Å². The first-order chi connectivity index (χ1) is 20.3. The second-order valence-corrected chi connectivity index (χ2v) is 12.0. The van der Waals surface area contributed by atoms with E-state index in [9.17, 15) is 4.79 Å². The monoisotopic (exact) mass is 601 g/mol. The minimum absolute atomic E-state index is 0.112. The molecule has 0 atom stereocenters. The van der Waals surface area contributed by atoms with Gasteiger partial charge in [0.15, 0.2) is 0 Å². The molecule has 0 saturated carbocycles. The van der Waals surface area contributed by atoms with E-state index in [0.29, 0.717) is 18.2 Å². The summed E-state index contributed by atoms with van der Waals surface area (Å²) in [6.07, 6.45) is 7.93. The molecule has 4 aromatic rings. The molecule has 2 aliphatic heterocycles. The summed E-state index contributed by atoms with van der Waals surface area (Å²) in [7, 11) is 0. The standard InChI is InChI=1S/C33H33Cl2N5O2/c1-22-31(23(2)42-38-22)26-7-10-29-28(19-26)33(21-40(29)32(41)37-20-25-11-14-36-30(35)18-25)12-16-39(17-13-33)15-3-4-24-5-8-27(34)9-6-24/h3-11,14,18-19H,12-13,15-17,20-21H2,1-2H3,(H,37,41). The van der Waals surface area contributed by atoms with Crippen LogP contribution in [0.25, 0.3) is 17.2 Å². The van der Waals surface area contributed by atoms with Crippen LogP contribution in [0.2, 0.25) is 10.2 Å².